The van der Waals surface area contributed by atoms with E-state index in [1.165, 1.54) is 12.4 Å². The number of quaternary nitrogens is 1. The van der Waals surface area contributed by atoms with Crippen LogP contribution in [0.4, 0.5) is 5.82 Å². The van der Waals surface area contributed by atoms with Crippen LogP contribution in [0.3, 0.4) is 0 Å². The molecule has 1 aromatic heterocycles. The van der Waals surface area contributed by atoms with E-state index >= 15 is 0 Å². The van der Waals surface area contributed by atoms with Gasteiger partial charge in [0.05, 0.1) is 32.0 Å². The molecule has 8 heteroatoms. The number of aromatic nitrogens is 2. The second-order valence-electron chi connectivity index (χ2n) is 6.08. The molecule has 1 aromatic rings. The molecule has 0 aliphatic carbocycles. The fourth-order valence-corrected chi connectivity index (χ4v) is 3.75. The number of nitrogens with one attached hydrogen (secondary N) is 1. The Morgan fingerprint density at radius 2 is 2.14 bits per heavy atom. The Balaban J connectivity index is 1.48. The number of halogens is 1. The standard InChI is InChI=1S/C13H16ClN5O2/c14-10-5-16-11(6-15-10)18-12-17-7-13(21-12)8-19(20)3-1-9(13)2-4-19/h5-6,9H,1-4,7-8H2,(H,16,17,18). The number of hydrogen-bond donors (Lipinski definition) is 1. The zero-order chi connectivity index (χ0) is 14.5. The number of nitrogens with zero attached hydrogens (tertiary/aromatic N) is 4. The Hall–Kier alpha value is -1.44. The first kappa shape index (κ1) is 13.2. The van der Waals surface area contributed by atoms with Crippen molar-refractivity contribution in [1.29, 1.82) is 0 Å². The third-order valence-electron chi connectivity index (χ3n) is 4.72. The number of rotatable bonds is 1. The highest BCUT2D eigenvalue weighted by Gasteiger charge is 2.56. The van der Waals surface area contributed by atoms with Crippen LogP contribution in [0.25, 0.3) is 0 Å². The second kappa shape index (κ2) is 4.53. The lowest BCUT2D eigenvalue weighted by Crippen LogP contribution is -2.67. The van der Waals surface area contributed by atoms with Crippen LogP contribution in [0.15, 0.2) is 17.4 Å². The summed E-state index contributed by atoms with van der Waals surface area (Å²) in [6, 6.07) is 0.423. The normalized spacial score (nSPS) is 37.4. The number of aliphatic imine (C=N–C) groups is 1. The van der Waals surface area contributed by atoms with Crippen LogP contribution in [0.2, 0.25) is 5.15 Å². The molecule has 4 aliphatic rings. The van der Waals surface area contributed by atoms with E-state index in [1.807, 2.05) is 0 Å². The van der Waals surface area contributed by atoms with Gasteiger partial charge in [0, 0.05) is 18.8 Å². The average molecular weight is 310 g/mol. The summed E-state index contributed by atoms with van der Waals surface area (Å²) in [5.41, 5.74) is -0.430. The summed E-state index contributed by atoms with van der Waals surface area (Å²) >= 11 is 5.70. The van der Waals surface area contributed by atoms with Crippen molar-refractivity contribution in [2.45, 2.75) is 18.4 Å². The van der Waals surface area contributed by atoms with Gasteiger partial charge in [-0.15, -0.1) is 0 Å². The van der Waals surface area contributed by atoms with Crippen molar-refractivity contribution in [3.05, 3.63) is 22.8 Å². The monoisotopic (exact) mass is 309 g/mol. The first-order valence-corrected chi connectivity index (χ1v) is 7.50. The van der Waals surface area contributed by atoms with Crippen molar-refractivity contribution in [3.63, 3.8) is 0 Å². The quantitative estimate of drug-likeness (QED) is 0.626. The Bertz CT molecular complexity index is 585. The lowest BCUT2D eigenvalue weighted by molar-refractivity contribution is -0.905. The molecule has 7 nitrogen and oxygen atoms in total. The van der Waals surface area contributed by atoms with Gasteiger partial charge in [0.2, 0.25) is 0 Å². The molecule has 0 saturated carbocycles. The van der Waals surface area contributed by atoms with Crippen LogP contribution in [-0.2, 0) is 4.74 Å². The smallest absolute Gasteiger partial charge is 0.291 e. The molecule has 21 heavy (non-hydrogen) atoms. The fraction of sp³-hybridized carbons (Fsp3) is 0.615. The van der Waals surface area contributed by atoms with Crippen molar-refractivity contribution in [3.8, 4) is 0 Å². The zero-order valence-electron chi connectivity index (χ0n) is 11.5. The average Bonchev–Trinajstić information content (AvgIpc) is 2.84. The summed E-state index contributed by atoms with van der Waals surface area (Å²) in [4.78, 5) is 12.5. The highest BCUT2D eigenvalue weighted by molar-refractivity contribution is 6.29. The molecule has 1 atom stereocenters. The van der Waals surface area contributed by atoms with E-state index in [0.717, 1.165) is 12.8 Å². The summed E-state index contributed by atoms with van der Waals surface area (Å²) in [6.07, 6.45) is 4.83. The van der Waals surface area contributed by atoms with Crippen LogP contribution < -0.4 is 5.32 Å². The van der Waals surface area contributed by atoms with Gasteiger partial charge in [0.15, 0.2) is 11.4 Å². The minimum atomic E-state index is -0.430. The van der Waals surface area contributed by atoms with Gasteiger partial charge in [-0.1, -0.05) is 11.6 Å². The minimum Gasteiger partial charge on any atom is -0.633 e. The van der Waals surface area contributed by atoms with E-state index in [1.54, 1.807) is 0 Å². The highest BCUT2D eigenvalue weighted by Crippen LogP contribution is 2.44. The maximum absolute atomic E-state index is 12.5. The van der Waals surface area contributed by atoms with Crippen LogP contribution in [0, 0.1) is 11.1 Å². The molecule has 0 radical (unpaired) electrons. The predicted molar refractivity (Wildman–Crippen MR) is 77.7 cm³/mol. The maximum Gasteiger partial charge on any atom is 0.291 e. The molecule has 0 amide bonds. The predicted octanol–water partition coefficient (Wildman–Crippen LogP) is 1.41. The van der Waals surface area contributed by atoms with Gasteiger partial charge in [-0.3, -0.25) is 5.32 Å². The Kier molecular flexibility index (Phi) is 2.85. The molecular weight excluding hydrogens is 294 g/mol. The molecule has 2 bridgehead atoms. The van der Waals surface area contributed by atoms with Crippen molar-refractivity contribution < 1.29 is 9.38 Å². The molecule has 3 fully saturated rings. The Morgan fingerprint density at radius 1 is 1.33 bits per heavy atom. The molecular formula is C13H16ClN5O2. The van der Waals surface area contributed by atoms with E-state index in [2.05, 4.69) is 20.3 Å². The molecule has 1 spiro atoms. The summed E-state index contributed by atoms with van der Waals surface area (Å²) < 4.78 is 5.91. The Morgan fingerprint density at radius 3 is 2.81 bits per heavy atom. The number of piperidine rings is 3. The molecule has 4 aliphatic heterocycles. The van der Waals surface area contributed by atoms with Crippen molar-refractivity contribution in [2.24, 2.45) is 10.9 Å². The van der Waals surface area contributed by atoms with Crippen LogP contribution >= 0.6 is 11.6 Å². The van der Waals surface area contributed by atoms with Crippen LogP contribution in [0.5, 0.6) is 0 Å². The topological polar surface area (TPSA) is 82.5 Å². The summed E-state index contributed by atoms with van der Waals surface area (Å²) in [5.74, 6) is 0.952. The van der Waals surface area contributed by atoms with Gasteiger partial charge in [0.25, 0.3) is 6.02 Å². The minimum absolute atomic E-state index is 0.139. The van der Waals surface area contributed by atoms with E-state index in [9.17, 15) is 5.21 Å². The molecule has 1 unspecified atom stereocenters. The van der Waals surface area contributed by atoms with E-state index in [-0.39, 0.29) is 4.65 Å². The second-order valence-corrected chi connectivity index (χ2v) is 6.46. The van der Waals surface area contributed by atoms with Crippen LogP contribution in [0.1, 0.15) is 12.8 Å². The van der Waals surface area contributed by atoms with E-state index in [4.69, 9.17) is 16.3 Å². The molecule has 1 N–H and O–H groups in total. The number of hydroxylamine groups is 3. The number of hydrogen-bond acceptors (Lipinski definition) is 6. The van der Waals surface area contributed by atoms with Crippen molar-refractivity contribution in [2.75, 3.05) is 31.5 Å². The van der Waals surface area contributed by atoms with Gasteiger partial charge >= 0.3 is 0 Å². The molecule has 0 aromatic carbocycles. The SMILES string of the molecule is [O-][N+]12CCC(CC1)C1(CN=C(Nc3cnc(Cl)cn3)O1)C2. The third-order valence-corrected chi connectivity index (χ3v) is 4.91. The summed E-state index contributed by atoms with van der Waals surface area (Å²) in [7, 11) is 0. The van der Waals surface area contributed by atoms with Crippen LogP contribution in [-0.4, -0.2) is 52.4 Å². The van der Waals surface area contributed by atoms with Gasteiger partial charge in [-0.05, 0) is 0 Å². The van der Waals surface area contributed by atoms with Gasteiger partial charge < -0.3 is 14.6 Å². The largest absolute Gasteiger partial charge is 0.633 e. The number of ether oxygens (including phenoxy) is 1. The third kappa shape index (κ3) is 2.25. The van der Waals surface area contributed by atoms with Gasteiger partial charge in [-0.25, -0.2) is 15.0 Å². The van der Waals surface area contributed by atoms with Crippen molar-refractivity contribution >= 4 is 23.4 Å². The number of fused-ring (bicyclic) bond motifs is 2. The summed E-state index contributed by atoms with van der Waals surface area (Å²) in [6.45, 7) is 2.46. The maximum atomic E-state index is 12.5. The highest BCUT2D eigenvalue weighted by atomic mass is 35.5. The fourth-order valence-electron chi connectivity index (χ4n) is 3.65. The Labute approximate surface area is 127 Å². The van der Waals surface area contributed by atoms with Crippen molar-refractivity contribution in [1.82, 2.24) is 9.97 Å². The molecule has 5 heterocycles. The molecule has 3 saturated heterocycles. The summed E-state index contributed by atoms with van der Waals surface area (Å²) in [5, 5.41) is 15.9. The first-order valence-electron chi connectivity index (χ1n) is 7.12. The zero-order valence-corrected chi connectivity index (χ0v) is 12.2. The molecule has 5 rings (SSSR count). The van der Waals surface area contributed by atoms with E-state index in [0.29, 0.717) is 49.1 Å². The molecule has 112 valence electrons. The lowest BCUT2D eigenvalue weighted by atomic mass is 9.75. The van der Waals surface area contributed by atoms with Gasteiger partial charge in [-0.2, -0.15) is 0 Å². The van der Waals surface area contributed by atoms with Gasteiger partial charge in [0.1, 0.15) is 11.7 Å². The van der Waals surface area contributed by atoms with E-state index < -0.39 is 5.60 Å². The first-order chi connectivity index (χ1) is 10.1. The number of anilines is 1. The lowest BCUT2D eigenvalue weighted by Gasteiger charge is -2.58. The number of amidine groups is 1.